The van der Waals surface area contributed by atoms with Crippen molar-refractivity contribution in [2.75, 3.05) is 40.3 Å². The smallest absolute Gasteiger partial charge is 0.191 e. The lowest BCUT2D eigenvalue weighted by molar-refractivity contribution is 0.390. The molecule has 0 bridgehead atoms. The molecule has 4 nitrogen and oxygen atoms in total. The maximum Gasteiger partial charge on any atom is 0.191 e. The maximum absolute atomic E-state index is 4.54. The van der Waals surface area contributed by atoms with Crippen LogP contribution in [0, 0.1) is 0 Å². The highest BCUT2D eigenvalue weighted by atomic mass is 15.2. The first-order valence-corrected chi connectivity index (χ1v) is 7.48. The Labute approximate surface area is 119 Å². The number of nitrogens with one attached hydrogen (secondary N) is 2. The first kappa shape index (κ1) is 18.0. The van der Waals surface area contributed by atoms with Crippen LogP contribution in [0.1, 0.15) is 39.0 Å². The Morgan fingerprint density at radius 3 is 2.42 bits per heavy atom. The molecule has 0 aromatic carbocycles. The van der Waals surface area contributed by atoms with E-state index in [4.69, 9.17) is 0 Å². The monoisotopic (exact) mass is 268 g/mol. The van der Waals surface area contributed by atoms with Crippen molar-refractivity contribution in [2.24, 2.45) is 4.99 Å². The lowest BCUT2D eigenvalue weighted by Crippen LogP contribution is -2.37. The van der Waals surface area contributed by atoms with E-state index in [0.29, 0.717) is 0 Å². The van der Waals surface area contributed by atoms with E-state index in [1.807, 2.05) is 6.08 Å². The second-order valence-electron chi connectivity index (χ2n) is 5.00. The average Bonchev–Trinajstić information content (AvgIpc) is 2.38. The maximum atomic E-state index is 4.54. The summed E-state index contributed by atoms with van der Waals surface area (Å²) >= 11 is 0. The second-order valence-corrected chi connectivity index (χ2v) is 5.00. The summed E-state index contributed by atoms with van der Waals surface area (Å²) in [6.07, 6.45) is 8.25. The SMILES string of the molecule is C=CCNC(=NCCCCCCCN(C)C)NCC. The Morgan fingerprint density at radius 1 is 1.11 bits per heavy atom. The molecule has 0 fully saturated rings. The number of aliphatic imine (C=N–C) groups is 1. The fourth-order valence-corrected chi connectivity index (χ4v) is 1.77. The fraction of sp³-hybridized carbons (Fsp3) is 0.800. The molecule has 19 heavy (non-hydrogen) atoms. The molecule has 0 unspecified atom stereocenters. The van der Waals surface area contributed by atoms with Gasteiger partial charge in [0.25, 0.3) is 0 Å². The van der Waals surface area contributed by atoms with Gasteiger partial charge >= 0.3 is 0 Å². The summed E-state index contributed by atoms with van der Waals surface area (Å²) < 4.78 is 0. The fourth-order valence-electron chi connectivity index (χ4n) is 1.77. The van der Waals surface area contributed by atoms with Gasteiger partial charge in [-0.3, -0.25) is 4.99 Å². The van der Waals surface area contributed by atoms with Crippen molar-refractivity contribution in [3.05, 3.63) is 12.7 Å². The van der Waals surface area contributed by atoms with E-state index in [-0.39, 0.29) is 0 Å². The van der Waals surface area contributed by atoms with Gasteiger partial charge in [-0.15, -0.1) is 6.58 Å². The molecule has 0 aliphatic heterocycles. The summed E-state index contributed by atoms with van der Waals surface area (Å²) in [6, 6.07) is 0. The van der Waals surface area contributed by atoms with Gasteiger partial charge in [-0.25, -0.2) is 0 Å². The molecular weight excluding hydrogens is 236 g/mol. The average molecular weight is 268 g/mol. The molecule has 0 aromatic rings. The minimum absolute atomic E-state index is 0.760. The summed E-state index contributed by atoms with van der Waals surface area (Å²) in [5, 5.41) is 6.44. The third-order valence-corrected chi connectivity index (χ3v) is 2.79. The van der Waals surface area contributed by atoms with Gasteiger partial charge in [0.1, 0.15) is 0 Å². The Bertz CT molecular complexity index is 236. The van der Waals surface area contributed by atoms with E-state index in [2.05, 4.69) is 48.1 Å². The highest BCUT2D eigenvalue weighted by molar-refractivity contribution is 5.79. The Morgan fingerprint density at radius 2 is 1.79 bits per heavy atom. The zero-order valence-electron chi connectivity index (χ0n) is 13.0. The molecular formula is C15H32N4. The van der Waals surface area contributed by atoms with Crippen molar-refractivity contribution in [1.82, 2.24) is 15.5 Å². The molecule has 0 heterocycles. The van der Waals surface area contributed by atoms with Gasteiger partial charge in [0.05, 0.1) is 0 Å². The lowest BCUT2D eigenvalue weighted by Gasteiger charge is -2.09. The van der Waals surface area contributed by atoms with Crippen molar-refractivity contribution in [2.45, 2.75) is 39.0 Å². The van der Waals surface area contributed by atoms with Crippen LogP contribution in [0.3, 0.4) is 0 Å². The van der Waals surface area contributed by atoms with Gasteiger partial charge in [0.15, 0.2) is 5.96 Å². The Hall–Kier alpha value is -1.03. The summed E-state index contributed by atoms with van der Waals surface area (Å²) in [6.45, 7) is 9.54. The van der Waals surface area contributed by atoms with Gasteiger partial charge in [-0.1, -0.05) is 25.3 Å². The summed E-state index contributed by atoms with van der Waals surface area (Å²) in [5.41, 5.74) is 0. The predicted molar refractivity (Wildman–Crippen MR) is 85.8 cm³/mol. The highest BCUT2D eigenvalue weighted by Crippen LogP contribution is 2.03. The van der Waals surface area contributed by atoms with Gasteiger partial charge in [-0.2, -0.15) is 0 Å². The molecule has 0 radical (unpaired) electrons. The van der Waals surface area contributed by atoms with Crippen LogP contribution in [0.5, 0.6) is 0 Å². The van der Waals surface area contributed by atoms with E-state index in [9.17, 15) is 0 Å². The molecule has 112 valence electrons. The molecule has 0 amide bonds. The first-order valence-electron chi connectivity index (χ1n) is 7.48. The second kappa shape index (κ2) is 13.4. The zero-order chi connectivity index (χ0) is 14.3. The highest BCUT2D eigenvalue weighted by Gasteiger charge is 1.95. The topological polar surface area (TPSA) is 39.7 Å². The largest absolute Gasteiger partial charge is 0.357 e. The molecule has 0 atom stereocenters. The van der Waals surface area contributed by atoms with Crippen LogP contribution in [0.15, 0.2) is 17.6 Å². The van der Waals surface area contributed by atoms with Crippen molar-refractivity contribution in [3.63, 3.8) is 0 Å². The van der Waals surface area contributed by atoms with E-state index < -0.39 is 0 Å². The molecule has 0 aliphatic carbocycles. The van der Waals surface area contributed by atoms with E-state index in [1.165, 1.54) is 38.6 Å². The Kier molecular flexibility index (Phi) is 12.7. The zero-order valence-corrected chi connectivity index (χ0v) is 13.0. The van der Waals surface area contributed by atoms with Gasteiger partial charge < -0.3 is 15.5 Å². The lowest BCUT2D eigenvalue weighted by atomic mass is 10.1. The van der Waals surface area contributed by atoms with Crippen molar-refractivity contribution >= 4 is 5.96 Å². The van der Waals surface area contributed by atoms with Crippen LogP contribution in [0.25, 0.3) is 0 Å². The van der Waals surface area contributed by atoms with Crippen LogP contribution in [0.4, 0.5) is 0 Å². The third-order valence-electron chi connectivity index (χ3n) is 2.79. The van der Waals surface area contributed by atoms with Crippen molar-refractivity contribution < 1.29 is 0 Å². The van der Waals surface area contributed by atoms with Crippen molar-refractivity contribution in [1.29, 1.82) is 0 Å². The van der Waals surface area contributed by atoms with Crippen LogP contribution >= 0.6 is 0 Å². The minimum atomic E-state index is 0.760. The third kappa shape index (κ3) is 13.2. The van der Waals surface area contributed by atoms with E-state index in [0.717, 1.165) is 25.6 Å². The first-order chi connectivity index (χ1) is 9.20. The number of rotatable bonds is 11. The molecule has 0 saturated carbocycles. The normalized spacial score (nSPS) is 11.7. The number of hydrogen-bond acceptors (Lipinski definition) is 2. The van der Waals surface area contributed by atoms with E-state index in [1.54, 1.807) is 0 Å². The van der Waals surface area contributed by atoms with Crippen LogP contribution < -0.4 is 10.6 Å². The number of guanidine groups is 1. The van der Waals surface area contributed by atoms with Crippen molar-refractivity contribution in [3.8, 4) is 0 Å². The molecule has 0 spiro atoms. The summed E-state index contributed by atoms with van der Waals surface area (Å²) in [5.74, 6) is 0.898. The van der Waals surface area contributed by atoms with E-state index >= 15 is 0 Å². The quantitative estimate of drug-likeness (QED) is 0.261. The standard InChI is InChI=1S/C15H32N4/c1-5-12-17-15(16-6-2)18-13-10-8-7-9-11-14-19(3)4/h5H,1,6-14H2,2-4H3,(H2,16,17,18). The van der Waals surface area contributed by atoms with Gasteiger partial charge in [-0.05, 0) is 40.4 Å². The van der Waals surface area contributed by atoms with Gasteiger partial charge in [0, 0.05) is 19.6 Å². The number of nitrogens with zero attached hydrogens (tertiary/aromatic N) is 2. The van der Waals surface area contributed by atoms with Gasteiger partial charge in [0.2, 0.25) is 0 Å². The van der Waals surface area contributed by atoms with Crippen LogP contribution in [-0.4, -0.2) is 51.1 Å². The molecule has 0 rings (SSSR count). The molecule has 0 saturated heterocycles. The summed E-state index contributed by atoms with van der Waals surface area (Å²) in [4.78, 5) is 6.78. The minimum Gasteiger partial charge on any atom is -0.357 e. The number of unbranched alkanes of at least 4 members (excludes halogenated alkanes) is 4. The van der Waals surface area contributed by atoms with Crippen LogP contribution in [-0.2, 0) is 0 Å². The summed E-state index contributed by atoms with van der Waals surface area (Å²) in [7, 11) is 4.26. The molecule has 4 heteroatoms. The number of hydrogen-bond donors (Lipinski definition) is 2. The molecule has 2 N–H and O–H groups in total. The van der Waals surface area contributed by atoms with Crippen LogP contribution in [0.2, 0.25) is 0 Å². The Balaban J connectivity index is 3.53. The predicted octanol–water partition coefficient (Wildman–Crippen LogP) is 2.24. The molecule has 0 aromatic heterocycles. The molecule has 0 aliphatic rings.